The summed E-state index contributed by atoms with van der Waals surface area (Å²) in [5.41, 5.74) is 5.98. The number of primary amides is 1. The molecule has 0 atom stereocenters. The van der Waals surface area contributed by atoms with E-state index in [0.29, 0.717) is 24.0 Å². The summed E-state index contributed by atoms with van der Waals surface area (Å²) in [6.45, 7) is 8.71. The molecule has 0 spiro atoms. The highest BCUT2D eigenvalue weighted by Crippen LogP contribution is 2.40. The van der Waals surface area contributed by atoms with Crippen molar-refractivity contribution >= 4 is 28.1 Å². The molecule has 1 aliphatic heterocycles. The molecule has 1 amide bonds. The maximum atomic E-state index is 14.9. The Balaban J connectivity index is 1.62. The number of pyridine rings is 1. The van der Waals surface area contributed by atoms with Crippen LogP contribution < -0.4 is 11.1 Å². The van der Waals surface area contributed by atoms with Crippen molar-refractivity contribution < 1.29 is 23.4 Å². The van der Waals surface area contributed by atoms with E-state index in [0.717, 1.165) is 54.4 Å². The van der Waals surface area contributed by atoms with E-state index in [4.69, 9.17) is 10.5 Å². The molecule has 3 aromatic rings. The fraction of sp³-hybridized carbons (Fsp3) is 0.360. The van der Waals surface area contributed by atoms with Crippen LogP contribution in [0.25, 0.3) is 10.4 Å². The monoisotopic (exact) mass is 502 g/mol. The van der Waals surface area contributed by atoms with Crippen LogP contribution in [0, 0.1) is 18.6 Å². The van der Waals surface area contributed by atoms with Gasteiger partial charge in [-0.05, 0) is 56.2 Å². The van der Waals surface area contributed by atoms with Crippen molar-refractivity contribution in [1.29, 1.82) is 0 Å². The third kappa shape index (κ3) is 5.67. The number of anilines is 2. The molecule has 35 heavy (non-hydrogen) atoms. The van der Waals surface area contributed by atoms with Gasteiger partial charge in [0.05, 0.1) is 29.9 Å². The van der Waals surface area contributed by atoms with Crippen LogP contribution >= 0.6 is 11.3 Å². The van der Waals surface area contributed by atoms with E-state index in [2.05, 4.69) is 15.2 Å². The van der Waals surface area contributed by atoms with Crippen molar-refractivity contribution in [3.8, 4) is 10.4 Å². The zero-order valence-corrected chi connectivity index (χ0v) is 20.6. The minimum Gasteiger partial charge on any atom is -0.386 e. The van der Waals surface area contributed by atoms with Crippen LogP contribution in [0.15, 0.2) is 30.3 Å². The molecule has 0 aliphatic carbocycles. The Morgan fingerprint density at radius 2 is 1.89 bits per heavy atom. The van der Waals surface area contributed by atoms with Crippen molar-refractivity contribution in [3.63, 3.8) is 0 Å². The largest absolute Gasteiger partial charge is 0.386 e. The quantitative estimate of drug-likeness (QED) is 0.446. The number of amides is 1. The number of aryl methyl sites for hydroxylation is 1. The number of halogens is 2. The highest BCUT2D eigenvalue weighted by atomic mass is 32.1. The third-order valence-corrected chi connectivity index (χ3v) is 7.00. The standard InChI is InChI=1S/C25H28F2N4O3S/c1-14-15(13-31-6-8-34-9-7-31)4-5-21(29-14)30-24-17(23(28)32)12-20(35-24)22-18(26)10-16(11-19(22)27)25(2,3)33/h4-5,10-12,33H,6-9,13H2,1-3H3,(H2,28,32)(H,29,30). The Morgan fingerprint density at radius 1 is 1.23 bits per heavy atom. The van der Waals surface area contributed by atoms with Gasteiger partial charge in [0.2, 0.25) is 0 Å². The molecular weight excluding hydrogens is 474 g/mol. The van der Waals surface area contributed by atoms with Gasteiger partial charge in [0.1, 0.15) is 22.5 Å². The first-order valence-electron chi connectivity index (χ1n) is 11.2. The normalized spacial score (nSPS) is 14.8. The summed E-state index contributed by atoms with van der Waals surface area (Å²) in [5, 5.41) is 13.5. The first kappa shape index (κ1) is 25.2. The van der Waals surface area contributed by atoms with Crippen LogP contribution in [0.2, 0.25) is 0 Å². The van der Waals surface area contributed by atoms with Crippen molar-refractivity contribution in [2.75, 3.05) is 31.6 Å². The number of carbonyl (C=O) groups excluding carboxylic acids is 1. The molecule has 1 aliphatic rings. The van der Waals surface area contributed by atoms with Crippen molar-refractivity contribution in [2.24, 2.45) is 5.73 Å². The molecule has 186 valence electrons. The number of morpholine rings is 1. The van der Waals surface area contributed by atoms with Gasteiger partial charge in [0.25, 0.3) is 5.91 Å². The van der Waals surface area contributed by atoms with Gasteiger partial charge in [0, 0.05) is 30.2 Å². The van der Waals surface area contributed by atoms with E-state index >= 15 is 0 Å². The number of aliphatic hydroxyl groups is 1. The molecule has 4 N–H and O–H groups in total. The summed E-state index contributed by atoms with van der Waals surface area (Å²) in [6.07, 6.45) is 0. The average Bonchev–Trinajstić information content (AvgIpc) is 3.19. The summed E-state index contributed by atoms with van der Waals surface area (Å²) in [7, 11) is 0. The highest BCUT2D eigenvalue weighted by molar-refractivity contribution is 7.20. The number of aromatic nitrogens is 1. The van der Waals surface area contributed by atoms with Crippen molar-refractivity contribution in [2.45, 2.75) is 32.9 Å². The summed E-state index contributed by atoms with van der Waals surface area (Å²) in [4.78, 5) is 19.2. The lowest BCUT2D eigenvalue weighted by atomic mass is 9.96. The number of thiophene rings is 1. The average molecular weight is 503 g/mol. The second-order valence-corrected chi connectivity index (χ2v) is 10.1. The molecule has 0 bridgehead atoms. The molecule has 0 saturated carbocycles. The fourth-order valence-electron chi connectivity index (χ4n) is 3.89. The first-order chi connectivity index (χ1) is 16.5. The van der Waals surface area contributed by atoms with E-state index in [1.54, 1.807) is 6.07 Å². The lowest BCUT2D eigenvalue weighted by Gasteiger charge is -2.27. The Labute approximate surface area is 206 Å². The second-order valence-electron chi connectivity index (χ2n) is 9.05. The summed E-state index contributed by atoms with van der Waals surface area (Å²) < 4.78 is 35.2. The zero-order chi connectivity index (χ0) is 25.3. The number of hydrogen-bond acceptors (Lipinski definition) is 7. The van der Waals surface area contributed by atoms with Crippen molar-refractivity contribution in [3.05, 3.63) is 64.4 Å². The van der Waals surface area contributed by atoms with Crippen LogP contribution in [0.1, 0.15) is 41.0 Å². The predicted octanol–water partition coefficient (Wildman–Crippen LogP) is 4.30. The molecular formula is C25H28F2N4O3S. The van der Waals surface area contributed by atoms with Gasteiger partial charge in [-0.15, -0.1) is 11.3 Å². The van der Waals surface area contributed by atoms with Crippen LogP contribution in [-0.2, 0) is 16.9 Å². The number of nitrogens with two attached hydrogens (primary N) is 1. The topological polar surface area (TPSA) is 101 Å². The van der Waals surface area contributed by atoms with Gasteiger partial charge in [-0.2, -0.15) is 0 Å². The van der Waals surface area contributed by atoms with Crippen molar-refractivity contribution in [1.82, 2.24) is 9.88 Å². The zero-order valence-electron chi connectivity index (χ0n) is 19.8. The Kier molecular flexibility index (Phi) is 7.18. The molecule has 1 fully saturated rings. The van der Waals surface area contributed by atoms with Gasteiger partial charge in [-0.3, -0.25) is 9.69 Å². The predicted molar refractivity (Wildman–Crippen MR) is 132 cm³/mol. The number of carbonyl (C=O) groups is 1. The van der Waals surface area contributed by atoms with Gasteiger partial charge < -0.3 is 20.9 Å². The fourth-order valence-corrected chi connectivity index (χ4v) is 5.01. The van der Waals surface area contributed by atoms with Crippen LogP contribution in [0.3, 0.4) is 0 Å². The maximum Gasteiger partial charge on any atom is 0.251 e. The Hall–Kier alpha value is -2.92. The third-order valence-electron chi connectivity index (χ3n) is 5.93. The van der Waals surface area contributed by atoms with E-state index in [1.807, 2.05) is 13.0 Å². The molecule has 0 radical (unpaired) electrons. The van der Waals surface area contributed by atoms with E-state index in [-0.39, 0.29) is 21.6 Å². The van der Waals surface area contributed by atoms with E-state index in [1.165, 1.54) is 19.9 Å². The molecule has 1 aromatic carbocycles. The van der Waals surface area contributed by atoms with E-state index < -0.39 is 23.1 Å². The summed E-state index contributed by atoms with van der Waals surface area (Å²) in [6, 6.07) is 7.31. The number of nitrogens with one attached hydrogen (secondary N) is 1. The van der Waals surface area contributed by atoms with Gasteiger partial charge >= 0.3 is 0 Å². The molecule has 4 rings (SSSR count). The second kappa shape index (κ2) is 9.98. The number of benzene rings is 1. The minimum atomic E-state index is -1.40. The molecule has 0 unspecified atom stereocenters. The Morgan fingerprint density at radius 3 is 2.46 bits per heavy atom. The minimum absolute atomic E-state index is 0.104. The number of hydrogen-bond donors (Lipinski definition) is 3. The SMILES string of the molecule is Cc1nc(Nc2sc(-c3c(F)cc(C(C)(C)O)cc3F)cc2C(N)=O)ccc1CN1CCOCC1. The number of nitrogens with zero attached hydrogens (tertiary/aromatic N) is 2. The molecule has 1 saturated heterocycles. The highest BCUT2D eigenvalue weighted by Gasteiger charge is 2.24. The van der Waals surface area contributed by atoms with Gasteiger partial charge in [-0.1, -0.05) is 6.07 Å². The molecule has 3 heterocycles. The summed E-state index contributed by atoms with van der Waals surface area (Å²) in [5.74, 6) is -1.92. The van der Waals surface area contributed by atoms with Gasteiger partial charge in [0.15, 0.2) is 0 Å². The van der Waals surface area contributed by atoms with E-state index in [9.17, 15) is 18.7 Å². The molecule has 10 heteroatoms. The van der Waals surface area contributed by atoms with Crippen LogP contribution in [-0.4, -0.2) is 47.2 Å². The summed E-state index contributed by atoms with van der Waals surface area (Å²) >= 11 is 0.999. The molecule has 7 nitrogen and oxygen atoms in total. The molecule has 2 aromatic heterocycles. The lowest BCUT2D eigenvalue weighted by Crippen LogP contribution is -2.35. The van der Waals surface area contributed by atoms with Crippen LogP contribution in [0.5, 0.6) is 0 Å². The first-order valence-corrected chi connectivity index (χ1v) is 12.0. The van der Waals surface area contributed by atoms with Gasteiger partial charge in [-0.25, -0.2) is 13.8 Å². The Bertz CT molecular complexity index is 1230. The van der Waals surface area contributed by atoms with Crippen LogP contribution in [0.4, 0.5) is 19.6 Å². The lowest BCUT2D eigenvalue weighted by molar-refractivity contribution is 0.0340. The smallest absolute Gasteiger partial charge is 0.251 e. The number of rotatable bonds is 7. The number of ether oxygens (including phenoxy) is 1. The maximum absolute atomic E-state index is 14.9.